The number of amides is 1. The Morgan fingerprint density at radius 1 is 1.41 bits per heavy atom. The minimum atomic E-state index is -0.629. The number of rotatable bonds is 2. The highest BCUT2D eigenvalue weighted by molar-refractivity contribution is 9.10. The molecule has 1 atom stereocenters. The van der Waals surface area contributed by atoms with E-state index in [1.54, 1.807) is 4.90 Å². The van der Waals surface area contributed by atoms with Crippen molar-refractivity contribution in [3.63, 3.8) is 0 Å². The van der Waals surface area contributed by atoms with Gasteiger partial charge in [0.05, 0.1) is 0 Å². The van der Waals surface area contributed by atoms with E-state index in [4.69, 9.17) is 4.74 Å². The maximum atomic E-state index is 12.0. The molecule has 1 aliphatic heterocycles. The van der Waals surface area contributed by atoms with Crippen molar-refractivity contribution < 1.29 is 14.3 Å². The molecule has 1 saturated heterocycles. The van der Waals surface area contributed by atoms with Crippen molar-refractivity contribution in [2.75, 3.05) is 11.4 Å². The van der Waals surface area contributed by atoms with E-state index in [1.807, 2.05) is 24.3 Å². The van der Waals surface area contributed by atoms with Gasteiger partial charge in [0.1, 0.15) is 0 Å². The zero-order valence-corrected chi connectivity index (χ0v) is 10.9. The molecule has 0 saturated carbocycles. The molecule has 0 aromatic heterocycles. The second-order valence-corrected chi connectivity index (χ2v) is 4.77. The summed E-state index contributed by atoms with van der Waals surface area (Å²) in [6.45, 7) is 1.90. The highest BCUT2D eigenvalue weighted by atomic mass is 79.9. The lowest BCUT2D eigenvalue weighted by molar-refractivity contribution is -0.151. The number of nitrogens with zero attached hydrogens (tertiary/aromatic N) is 1. The van der Waals surface area contributed by atoms with Crippen LogP contribution in [-0.2, 0) is 14.3 Å². The van der Waals surface area contributed by atoms with Gasteiger partial charge in [-0.05, 0) is 24.3 Å². The fraction of sp³-hybridized carbons (Fsp3) is 0.333. The van der Waals surface area contributed by atoms with Gasteiger partial charge in [-0.3, -0.25) is 9.59 Å². The second kappa shape index (κ2) is 4.87. The maximum absolute atomic E-state index is 12.0. The molecule has 2 rings (SSSR count). The van der Waals surface area contributed by atoms with Gasteiger partial charge in [0.25, 0.3) is 5.91 Å². The van der Waals surface area contributed by atoms with Crippen LogP contribution < -0.4 is 4.90 Å². The van der Waals surface area contributed by atoms with Crippen molar-refractivity contribution in [1.82, 2.24) is 0 Å². The van der Waals surface area contributed by atoms with Crippen LogP contribution in [-0.4, -0.2) is 24.5 Å². The van der Waals surface area contributed by atoms with E-state index >= 15 is 0 Å². The summed E-state index contributed by atoms with van der Waals surface area (Å²) in [6, 6.07) is 7.47. The van der Waals surface area contributed by atoms with Gasteiger partial charge in [-0.25, -0.2) is 0 Å². The van der Waals surface area contributed by atoms with E-state index in [0.29, 0.717) is 13.0 Å². The summed E-state index contributed by atoms with van der Waals surface area (Å²) in [7, 11) is 0. The third-order valence-electron chi connectivity index (χ3n) is 2.60. The zero-order chi connectivity index (χ0) is 12.4. The van der Waals surface area contributed by atoms with Crippen molar-refractivity contribution >= 4 is 33.5 Å². The van der Waals surface area contributed by atoms with Crippen LogP contribution in [0.15, 0.2) is 28.7 Å². The highest BCUT2D eigenvalue weighted by Crippen LogP contribution is 2.24. The van der Waals surface area contributed by atoms with Gasteiger partial charge in [0.15, 0.2) is 6.10 Å². The summed E-state index contributed by atoms with van der Waals surface area (Å²) < 4.78 is 5.92. The minimum Gasteiger partial charge on any atom is -0.452 e. The molecule has 1 aliphatic rings. The van der Waals surface area contributed by atoms with Gasteiger partial charge in [-0.2, -0.15) is 0 Å². The number of hydrogen-bond acceptors (Lipinski definition) is 3. The molecule has 1 fully saturated rings. The number of halogens is 1. The van der Waals surface area contributed by atoms with Crippen molar-refractivity contribution in [2.24, 2.45) is 0 Å². The van der Waals surface area contributed by atoms with Crippen LogP contribution in [0.2, 0.25) is 0 Å². The molecule has 1 heterocycles. The molecule has 1 aromatic rings. The molecule has 17 heavy (non-hydrogen) atoms. The van der Waals surface area contributed by atoms with Crippen LogP contribution in [0, 0.1) is 0 Å². The summed E-state index contributed by atoms with van der Waals surface area (Å²) in [6.07, 6.45) is -0.0785. The van der Waals surface area contributed by atoms with Gasteiger partial charge < -0.3 is 9.64 Å². The van der Waals surface area contributed by atoms with E-state index in [2.05, 4.69) is 15.9 Å². The van der Waals surface area contributed by atoms with Crippen LogP contribution in [0.5, 0.6) is 0 Å². The molecule has 1 amide bonds. The Labute approximate surface area is 108 Å². The number of ether oxygens (including phenoxy) is 1. The first-order valence-electron chi connectivity index (χ1n) is 5.32. The molecule has 0 radical (unpaired) electrons. The van der Waals surface area contributed by atoms with E-state index in [9.17, 15) is 9.59 Å². The second-order valence-electron chi connectivity index (χ2n) is 3.85. The average Bonchev–Trinajstić information content (AvgIpc) is 2.61. The average molecular weight is 298 g/mol. The third kappa shape index (κ3) is 2.66. The molecule has 0 spiro atoms. The Morgan fingerprint density at radius 2 is 2.06 bits per heavy atom. The monoisotopic (exact) mass is 297 g/mol. The normalized spacial score (nSPS) is 19.5. The van der Waals surface area contributed by atoms with Gasteiger partial charge >= 0.3 is 5.97 Å². The van der Waals surface area contributed by atoms with Gasteiger partial charge in [0.2, 0.25) is 0 Å². The highest BCUT2D eigenvalue weighted by Gasteiger charge is 2.34. The Bertz CT molecular complexity index is 444. The molecule has 4 nitrogen and oxygen atoms in total. The predicted molar refractivity (Wildman–Crippen MR) is 66.7 cm³/mol. The third-order valence-corrected chi connectivity index (χ3v) is 3.13. The zero-order valence-electron chi connectivity index (χ0n) is 9.35. The molecular formula is C12H12BrNO3. The van der Waals surface area contributed by atoms with Gasteiger partial charge in [-0.1, -0.05) is 15.9 Å². The maximum Gasteiger partial charge on any atom is 0.303 e. The predicted octanol–water partition coefficient (Wildman–Crippen LogP) is 2.12. The van der Waals surface area contributed by atoms with Crippen LogP contribution in [0.3, 0.4) is 0 Å². The first-order chi connectivity index (χ1) is 8.08. The number of hydrogen-bond donors (Lipinski definition) is 0. The molecule has 0 bridgehead atoms. The summed E-state index contributed by atoms with van der Waals surface area (Å²) in [5.74, 6) is -0.566. The van der Waals surface area contributed by atoms with E-state index < -0.39 is 12.1 Å². The largest absolute Gasteiger partial charge is 0.452 e. The summed E-state index contributed by atoms with van der Waals surface area (Å²) in [5, 5.41) is 0. The first kappa shape index (κ1) is 12.1. The van der Waals surface area contributed by atoms with E-state index in [1.165, 1.54) is 6.92 Å². The number of anilines is 1. The number of benzene rings is 1. The minimum absolute atomic E-state index is 0.150. The standard InChI is InChI=1S/C12H12BrNO3/c1-8(15)17-11-6-7-14(12(11)16)10-4-2-9(13)3-5-10/h2-5,11H,6-7H2,1H3. The summed E-state index contributed by atoms with van der Waals surface area (Å²) in [5.41, 5.74) is 0.827. The summed E-state index contributed by atoms with van der Waals surface area (Å²) >= 11 is 3.34. The quantitative estimate of drug-likeness (QED) is 0.786. The molecule has 5 heteroatoms. The Hall–Kier alpha value is -1.36. The number of esters is 1. The van der Waals surface area contributed by atoms with Crippen molar-refractivity contribution in [1.29, 1.82) is 0 Å². The fourth-order valence-corrected chi connectivity index (χ4v) is 2.11. The van der Waals surface area contributed by atoms with Crippen molar-refractivity contribution in [3.8, 4) is 0 Å². The van der Waals surface area contributed by atoms with Crippen LogP contribution >= 0.6 is 15.9 Å². The topological polar surface area (TPSA) is 46.6 Å². The van der Waals surface area contributed by atoms with Crippen LogP contribution in [0.25, 0.3) is 0 Å². The lowest BCUT2D eigenvalue weighted by Gasteiger charge is -2.16. The smallest absolute Gasteiger partial charge is 0.303 e. The van der Waals surface area contributed by atoms with Gasteiger partial charge in [0, 0.05) is 30.0 Å². The molecule has 1 aromatic carbocycles. The molecule has 0 N–H and O–H groups in total. The molecule has 0 aliphatic carbocycles. The van der Waals surface area contributed by atoms with E-state index in [0.717, 1.165) is 10.2 Å². The molecular weight excluding hydrogens is 286 g/mol. The van der Waals surface area contributed by atoms with E-state index in [-0.39, 0.29) is 5.91 Å². The van der Waals surface area contributed by atoms with Gasteiger partial charge in [-0.15, -0.1) is 0 Å². The first-order valence-corrected chi connectivity index (χ1v) is 6.11. The van der Waals surface area contributed by atoms with Crippen molar-refractivity contribution in [2.45, 2.75) is 19.4 Å². The Morgan fingerprint density at radius 3 is 2.65 bits per heavy atom. The Kier molecular flexibility index (Phi) is 3.47. The summed E-state index contributed by atoms with van der Waals surface area (Å²) in [4.78, 5) is 24.4. The fourth-order valence-electron chi connectivity index (χ4n) is 1.84. The Balaban J connectivity index is 2.12. The number of carbonyl (C=O) groups excluding carboxylic acids is 2. The van der Waals surface area contributed by atoms with Crippen LogP contribution in [0.1, 0.15) is 13.3 Å². The lowest BCUT2D eigenvalue weighted by Crippen LogP contribution is -2.31. The lowest BCUT2D eigenvalue weighted by atomic mass is 10.3. The molecule has 1 unspecified atom stereocenters. The molecule has 90 valence electrons. The van der Waals surface area contributed by atoms with Crippen molar-refractivity contribution in [3.05, 3.63) is 28.7 Å². The SMILES string of the molecule is CC(=O)OC1CCN(c2ccc(Br)cc2)C1=O. The number of carbonyl (C=O) groups is 2. The van der Waals surface area contributed by atoms with Crippen LogP contribution in [0.4, 0.5) is 5.69 Å².